The van der Waals surface area contributed by atoms with Crippen LogP contribution in [0.15, 0.2) is 0 Å². The molecule has 1 fully saturated rings. The molecule has 6 nitrogen and oxygen atoms in total. The van der Waals surface area contributed by atoms with Gasteiger partial charge in [0.1, 0.15) is 0 Å². The van der Waals surface area contributed by atoms with Crippen molar-refractivity contribution in [1.82, 2.24) is 4.90 Å². The molecule has 0 aromatic heterocycles. The summed E-state index contributed by atoms with van der Waals surface area (Å²) in [5.41, 5.74) is 0. The van der Waals surface area contributed by atoms with Gasteiger partial charge < -0.3 is 14.4 Å². The van der Waals surface area contributed by atoms with Crippen molar-refractivity contribution in [2.45, 2.75) is 25.9 Å². The summed E-state index contributed by atoms with van der Waals surface area (Å²) in [6, 6.07) is 1.97. The van der Waals surface area contributed by atoms with Gasteiger partial charge in [0.25, 0.3) is 0 Å². The molecule has 1 rings (SSSR count). The van der Waals surface area contributed by atoms with Crippen LogP contribution in [-0.4, -0.2) is 49.2 Å². The first kappa shape index (κ1) is 13.5. The Kier molecular flexibility index (Phi) is 5.43. The zero-order valence-electron chi connectivity index (χ0n) is 9.85. The quantitative estimate of drug-likeness (QED) is 0.650. The van der Waals surface area contributed by atoms with Crippen molar-refractivity contribution < 1.29 is 19.1 Å². The van der Waals surface area contributed by atoms with Gasteiger partial charge in [0.05, 0.1) is 32.2 Å². The van der Waals surface area contributed by atoms with Crippen molar-refractivity contribution in [1.29, 1.82) is 5.26 Å². The molecule has 6 heteroatoms. The Labute approximate surface area is 100 Å². The summed E-state index contributed by atoms with van der Waals surface area (Å²) in [4.78, 5) is 24.4. The lowest BCUT2D eigenvalue weighted by Gasteiger charge is -2.29. The van der Waals surface area contributed by atoms with E-state index < -0.39 is 6.10 Å². The minimum absolute atomic E-state index is 0.0846. The highest BCUT2D eigenvalue weighted by Gasteiger charge is 2.24. The van der Waals surface area contributed by atoms with Gasteiger partial charge in [-0.1, -0.05) is 0 Å². The normalized spacial score (nSPS) is 19.5. The Morgan fingerprint density at radius 3 is 2.94 bits per heavy atom. The van der Waals surface area contributed by atoms with Gasteiger partial charge in [-0.25, -0.2) is 0 Å². The summed E-state index contributed by atoms with van der Waals surface area (Å²) in [5.74, 6) is -0.507. The largest absolute Gasteiger partial charge is 0.466 e. The molecular formula is C11H16N2O4. The lowest BCUT2D eigenvalue weighted by atomic mass is 10.2. The Morgan fingerprint density at radius 1 is 1.53 bits per heavy atom. The number of hydrogen-bond acceptors (Lipinski definition) is 5. The SMILES string of the molecule is CCOC(=O)CCC(=O)N1CCOC(C#N)C1. The van der Waals surface area contributed by atoms with Crippen LogP contribution in [0.5, 0.6) is 0 Å². The van der Waals surface area contributed by atoms with Crippen LogP contribution in [0.2, 0.25) is 0 Å². The number of morpholine rings is 1. The van der Waals surface area contributed by atoms with E-state index in [2.05, 4.69) is 0 Å². The number of hydrogen-bond donors (Lipinski definition) is 0. The van der Waals surface area contributed by atoms with Crippen LogP contribution in [0.4, 0.5) is 0 Å². The van der Waals surface area contributed by atoms with Crippen molar-refractivity contribution in [3.63, 3.8) is 0 Å². The fraction of sp³-hybridized carbons (Fsp3) is 0.727. The van der Waals surface area contributed by atoms with E-state index in [1.165, 1.54) is 0 Å². The summed E-state index contributed by atoms with van der Waals surface area (Å²) in [5, 5.41) is 8.69. The number of carbonyl (C=O) groups excluding carboxylic acids is 2. The Bertz CT molecular complexity index is 324. The van der Waals surface area contributed by atoms with E-state index in [-0.39, 0.29) is 31.3 Å². The first-order valence-corrected chi connectivity index (χ1v) is 5.62. The second kappa shape index (κ2) is 6.86. The van der Waals surface area contributed by atoms with Crippen LogP contribution in [0.3, 0.4) is 0 Å². The molecule has 1 heterocycles. The molecule has 1 amide bonds. The van der Waals surface area contributed by atoms with Crippen LogP contribution in [-0.2, 0) is 19.1 Å². The van der Waals surface area contributed by atoms with Gasteiger partial charge in [0.15, 0.2) is 6.10 Å². The van der Waals surface area contributed by atoms with E-state index in [9.17, 15) is 9.59 Å². The number of ether oxygens (including phenoxy) is 2. The van der Waals surface area contributed by atoms with E-state index in [0.29, 0.717) is 19.8 Å². The molecule has 17 heavy (non-hydrogen) atoms. The van der Waals surface area contributed by atoms with E-state index in [0.717, 1.165) is 0 Å². The Hall–Kier alpha value is -1.61. The molecule has 0 spiro atoms. The highest BCUT2D eigenvalue weighted by Crippen LogP contribution is 2.07. The Morgan fingerprint density at radius 2 is 2.29 bits per heavy atom. The highest BCUT2D eigenvalue weighted by atomic mass is 16.5. The van der Waals surface area contributed by atoms with Gasteiger partial charge >= 0.3 is 5.97 Å². The zero-order valence-corrected chi connectivity index (χ0v) is 9.85. The number of carbonyl (C=O) groups is 2. The van der Waals surface area contributed by atoms with Crippen molar-refractivity contribution in [3.8, 4) is 6.07 Å². The highest BCUT2D eigenvalue weighted by molar-refractivity contribution is 5.81. The maximum atomic E-state index is 11.7. The number of amides is 1. The molecule has 0 saturated carbocycles. The van der Waals surface area contributed by atoms with Crippen LogP contribution in [0, 0.1) is 11.3 Å². The number of nitrogens with zero attached hydrogens (tertiary/aromatic N) is 2. The van der Waals surface area contributed by atoms with Crippen LogP contribution in [0.25, 0.3) is 0 Å². The van der Waals surface area contributed by atoms with Crippen molar-refractivity contribution in [2.75, 3.05) is 26.3 Å². The fourth-order valence-corrected chi connectivity index (χ4v) is 1.55. The molecule has 94 valence electrons. The van der Waals surface area contributed by atoms with Crippen molar-refractivity contribution in [3.05, 3.63) is 0 Å². The molecule has 1 atom stereocenters. The molecule has 0 radical (unpaired) electrons. The molecule has 1 aliphatic rings. The molecular weight excluding hydrogens is 224 g/mol. The topological polar surface area (TPSA) is 79.6 Å². The minimum Gasteiger partial charge on any atom is -0.466 e. The molecule has 0 aromatic rings. The first-order chi connectivity index (χ1) is 8.17. The van der Waals surface area contributed by atoms with Crippen LogP contribution < -0.4 is 0 Å². The standard InChI is InChI=1S/C11H16N2O4/c1-2-16-11(15)4-3-10(14)13-5-6-17-9(7-12)8-13/h9H,2-6,8H2,1H3. The maximum Gasteiger partial charge on any atom is 0.306 e. The smallest absolute Gasteiger partial charge is 0.306 e. The lowest BCUT2D eigenvalue weighted by Crippen LogP contribution is -2.45. The summed E-state index contributed by atoms with van der Waals surface area (Å²) >= 11 is 0. The molecule has 1 aliphatic heterocycles. The monoisotopic (exact) mass is 240 g/mol. The first-order valence-electron chi connectivity index (χ1n) is 5.62. The fourth-order valence-electron chi connectivity index (χ4n) is 1.55. The van der Waals surface area contributed by atoms with Gasteiger partial charge in [0, 0.05) is 13.0 Å². The number of rotatable bonds is 4. The Balaban J connectivity index is 2.32. The lowest BCUT2D eigenvalue weighted by molar-refractivity contribution is -0.147. The third-order valence-electron chi connectivity index (χ3n) is 2.41. The molecule has 0 N–H and O–H groups in total. The minimum atomic E-state index is -0.560. The average Bonchev–Trinajstić information content (AvgIpc) is 2.36. The summed E-state index contributed by atoms with van der Waals surface area (Å²) < 4.78 is 9.86. The van der Waals surface area contributed by atoms with E-state index in [1.807, 2.05) is 6.07 Å². The number of esters is 1. The maximum absolute atomic E-state index is 11.7. The van der Waals surface area contributed by atoms with Gasteiger partial charge in [-0.05, 0) is 6.92 Å². The molecule has 0 bridgehead atoms. The van der Waals surface area contributed by atoms with Gasteiger partial charge in [-0.3, -0.25) is 9.59 Å². The molecule has 1 saturated heterocycles. The van der Waals surface area contributed by atoms with Crippen LogP contribution in [0.1, 0.15) is 19.8 Å². The van der Waals surface area contributed by atoms with Gasteiger partial charge in [0.2, 0.25) is 5.91 Å². The zero-order chi connectivity index (χ0) is 12.7. The summed E-state index contributed by atoms with van der Waals surface area (Å²) in [7, 11) is 0. The number of nitriles is 1. The van der Waals surface area contributed by atoms with Crippen molar-refractivity contribution in [2.24, 2.45) is 0 Å². The second-order valence-electron chi connectivity index (χ2n) is 3.63. The van der Waals surface area contributed by atoms with E-state index >= 15 is 0 Å². The molecule has 1 unspecified atom stereocenters. The molecule has 0 aliphatic carbocycles. The summed E-state index contributed by atoms with van der Waals surface area (Å²) in [6.45, 7) is 3.15. The van der Waals surface area contributed by atoms with Gasteiger partial charge in [-0.15, -0.1) is 0 Å². The summed E-state index contributed by atoms with van der Waals surface area (Å²) in [6.07, 6.45) is -0.353. The third kappa shape index (κ3) is 4.41. The predicted octanol–water partition coefficient (Wildman–Crippen LogP) is 0.0807. The van der Waals surface area contributed by atoms with E-state index in [1.54, 1.807) is 11.8 Å². The average molecular weight is 240 g/mol. The predicted molar refractivity (Wildman–Crippen MR) is 57.8 cm³/mol. The van der Waals surface area contributed by atoms with E-state index in [4.69, 9.17) is 14.7 Å². The molecule has 0 aromatic carbocycles. The van der Waals surface area contributed by atoms with Gasteiger partial charge in [-0.2, -0.15) is 5.26 Å². The van der Waals surface area contributed by atoms with Crippen molar-refractivity contribution >= 4 is 11.9 Å². The second-order valence-corrected chi connectivity index (χ2v) is 3.63. The third-order valence-corrected chi connectivity index (χ3v) is 2.41. The van der Waals surface area contributed by atoms with Crippen LogP contribution >= 0.6 is 0 Å².